The molecule has 2 amide bonds. The largest absolute Gasteiger partial charge is 0.494 e. The van der Waals surface area contributed by atoms with Gasteiger partial charge in [0, 0.05) is 6.07 Å². The molecule has 30 heavy (non-hydrogen) atoms. The molecule has 2 aromatic carbocycles. The number of anilines is 1. The van der Waals surface area contributed by atoms with E-state index in [2.05, 4.69) is 5.32 Å². The van der Waals surface area contributed by atoms with Crippen molar-refractivity contribution in [2.24, 2.45) is 0 Å². The topological polar surface area (TPSA) is 102 Å². The zero-order chi connectivity index (χ0) is 21.7. The Balaban J connectivity index is 1.69. The minimum absolute atomic E-state index is 0.0582. The third-order valence-electron chi connectivity index (χ3n) is 4.04. The molecule has 2 aromatic rings. The lowest BCUT2D eigenvalue weighted by Crippen LogP contribution is -2.36. The van der Waals surface area contributed by atoms with E-state index >= 15 is 0 Å². The van der Waals surface area contributed by atoms with E-state index in [-0.39, 0.29) is 22.2 Å². The number of para-hydroxylation sites is 2. The van der Waals surface area contributed by atoms with Crippen LogP contribution in [0.4, 0.5) is 11.4 Å². The third kappa shape index (κ3) is 5.02. The van der Waals surface area contributed by atoms with Gasteiger partial charge >= 0.3 is 0 Å². The number of ether oxygens (including phenoxy) is 1. The van der Waals surface area contributed by atoms with Crippen LogP contribution in [0.15, 0.2) is 53.4 Å². The van der Waals surface area contributed by atoms with E-state index < -0.39 is 16.7 Å². The summed E-state index contributed by atoms with van der Waals surface area (Å²) in [5, 5.41) is 13.5. The summed E-state index contributed by atoms with van der Waals surface area (Å²) in [6.07, 6.45) is 1.69. The highest BCUT2D eigenvalue weighted by Gasteiger charge is 2.33. The van der Waals surface area contributed by atoms with Gasteiger partial charge in [0.05, 0.1) is 16.4 Å². The van der Waals surface area contributed by atoms with Gasteiger partial charge in [-0.1, -0.05) is 48.2 Å². The molecule has 1 N–H and O–H groups in total. The van der Waals surface area contributed by atoms with E-state index in [0.717, 1.165) is 23.1 Å². The molecular weight excluding hydrogens is 426 g/mol. The van der Waals surface area contributed by atoms with Crippen LogP contribution < -0.4 is 10.1 Å². The molecule has 1 heterocycles. The Hall–Kier alpha value is -3.24. The third-order valence-corrected chi connectivity index (χ3v) is 5.42. The summed E-state index contributed by atoms with van der Waals surface area (Å²) in [5.74, 6) is -0.242. The first kappa shape index (κ1) is 21.5. The maximum atomic E-state index is 12.7. The normalized spacial score (nSPS) is 14.8. The zero-order valence-corrected chi connectivity index (χ0v) is 17.5. The SMILES string of the molecule is CCOc1ccc(C=C2SC(=S)N(CC(=O)Nc3ccccc3[N+](=O)[O-])C2=O)cc1. The minimum atomic E-state index is -0.589. The highest BCUT2D eigenvalue weighted by Crippen LogP contribution is 2.33. The van der Waals surface area contributed by atoms with Crippen LogP contribution in [0.1, 0.15) is 12.5 Å². The van der Waals surface area contributed by atoms with Crippen LogP contribution in [0.2, 0.25) is 0 Å². The predicted octanol–water partition coefficient (Wildman–Crippen LogP) is 3.83. The number of thiocarbonyl (C=S) groups is 1. The molecule has 1 aliphatic rings. The first-order valence-electron chi connectivity index (χ1n) is 8.90. The molecule has 0 saturated carbocycles. The van der Waals surface area contributed by atoms with Crippen molar-refractivity contribution in [1.29, 1.82) is 0 Å². The van der Waals surface area contributed by atoms with Gasteiger partial charge in [-0.3, -0.25) is 24.6 Å². The summed E-state index contributed by atoms with van der Waals surface area (Å²) in [6, 6.07) is 13.0. The standard InChI is InChI=1S/C20H17N3O5S2/c1-2-28-14-9-7-13(8-10-14)11-17-19(25)22(20(29)30-17)12-18(24)21-15-5-3-4-6-16(15)23(26)27/h3-11H,2,12H2,1H3,(H,21,24). The van der Waals surface area contributed by atoms with E-state index in [1.165, 1.54) is 23.1 Å². The molecule has 0 unspecified atom stereocenters. The predicted molar refractivity (Wildman–Crippen MR) is 119 cm³/mol. The van der Waals surface area contributed by atoms with Gasteiger partial charge in [0.1, 0.15) is 22.3 Å². The lowest BCUT2D eigenvalue weighted by Gasteiger charge is -2.14. The first-order valence-corrected chi connectivity index (χ1v) is 10.1. The number of nitro benzene ring substituents is 1. The summed E-state index contributed by atoms with van der Waals surface area (Å²) >= 11 is 6.33. The van der Waals surface area contributed by atoms with Crippen molar-refractivity contribution < 1.29 is 19.2 Å². The molecule has 0 radical (unpaired) electrons. The fourth-order valence-electron chi connectivity index (χ4n) is 2.69. The van der Waals surface area contributed by atoms with Crippen molar-refractivity contribution in [3.63, 3.8) is 0 Å². The molecule has 0 aliphatic carbocycles. The van der Waals surface area contributed by atoms with Gasteiger partial charge in [0.15, 0.2) is 0 Å². The van der Waals surface area contributed by atoms with Gasteiger partial charge in [-0.15, -0.1) is 0 Å². The van der Waals surface area contributed by atoms with Crippen LogP contribution >= 0.6 is 24.0 Å². The lowest BCUT2D eigenvalue weighted by atomic mass is 10.2. The fourth-order valence-corrected chi connectivity index (χ4v) is 3.94. The number of carbonyl (C=O) groups excluding carboxylic acids is 2. The number of amides is 2. The monoisotopic (exact) mass is 443 g/mol. The van der Waals surface area contributed by atoms with Crippen LogP contribution in [-0.2, 0) is 9.59 Å². The average Bonchev–Trinajstić information content (AvgIpc) is 2.97. The zero-order valence-electron chi connectivity index (χ0n) is 15.9. The number of nitrogens with zero attached hydrogens (tertiary/aromatic N) is 2. The summed E-state index contributed by atoms with van der Waals surface area (Å²) in [4.78, 5) is 37.1. The van der Waals surface area contributed by atoms with Gasteiger partial charge in [-0.05, 0) is 36.8 Å². The van der Waals surface area contributed by atoms with Crippen LogP contribution in [0.3, 0.4) is 0 Å². The Kier molecular flexibility index (Phi) is 6.80. The lowest BCUT2D eigenvalue weighted by molar-refractivity contribution is -0.383. The van der Waals surface area contributed by atoms with Crippen LogP contribution in [0, 0.1) is 10.1 Å². The fraction of sp³-hybridized carbons (Fsp3) is 0.150. The number of benzene rings is 2. The van der Waals surface area contributed by atoms with Crippen molar-refractivity contribution in [3.8, 4) is 5.75 Å². The number of thioether (sulfide) groups is 1. The Morgan fingerprint density at radius 3 is 2.63 bits per heavy atom. The smallest absolute Gasteiger partial charge is 0.292 e. The Labute approximate surface area is 182 Å². The second-order valence-electron chi connectivity index (χ2n) is 6.09. The number of nitrogens with one attached hydrogen (secondary N) is 1. The molecule has 10 heteroatoms. The van der Waals surface area contributed by atoms with Crippen molar-refractivity contribution in [2.45, 2.75) is 6.92 Å². The first-order chi connectivity index (χ1) is 14.4. The van der Waals surface area contributed by atoms with Crippen molar-refractivity contribution >= 4 is 57.6 Å². The Morgan fingerprint density at radius 1 is 1.27 bits per heavy atom. The van der Waals surface area contributed by atoms with Crippen molar-refractivity contribution in [3.05, 3.63) is 69.1 Å². The highest BCUT2D eigenvalue weighted by molar-refractivity contribution is 8.26. The van der Waals surface area contributed by atoms with E-state index in [4.69, 9.17) is 17.0 Å². The molecule has 1 aliphatic heterocycles. The summed E-state index contributed by atoms with van der Waals surface area (Å²) in [5.41, 5.74) is 0.623. The molecule has 1 fully saturated rings. The number of hydrogen-bond donors (Lipinski definition) is 1. The van der Waals surface area contributed by atoms with Gasteiger partial charge in [-0.25, -0.2) is 0 Å². The Morgan fingerprint density at radius 2 is 1.97 bits per heavy atom. The van der Waals surface area contributed by atoms with Crippen molar-refractivity contribution in [2.75, 3.05) is 18.5 Å². The number of rotatable bonds is 7. The van der Waals surface area contributed by atoms with Crippen LogP contribution in [0.25, 0.3) is 6.08 Å². The minimum Gasteiger partial charge on any atom is -0.494 e. The van der Waals surface area contributed by atoms with Gasteiger partial charge < -0.3 is 10.1 Å². The molecular formula is C20H17N3O5S2. The summed E-state index contributed by atoms with van der Waals surface area (Å²) in [7, 11) is 0. The van der Waals surface area contributed by atoms with Crippen LogP contribution in [0.5, 0.6) is 5.75 Å². The average molecular weight is 444 g/mol. The number of nitro groups is 1. The van der Waals surface area contributed by atoms with Gasteiger partial charge in [0.2, 0.25) is 5.91 Å². The maximum absolute atomic E-state index is 12.7. The van der Waals surface area contributed by atoms with E-state index in [0.29, 0.717) is 11.5 Å². The molecule has 0 aromatic heterocycles. The van der Waals surface area contributed by atoms with Gasteiger partial charge in [-0.2, -0.15) is 0 Å². The molecule has 8 nitrogen and oxygen atoms in total. The number of hydrogen-bond acceptors (Lipinski definition) is 7. The molecule has 3 rings (SSSR count). The molecule has 154 valence electrons. The number of carbonyl (C=O) groups is 2. The highest BCUT2D eigenvalue weighted by atomic mass is 32.2. The quantitative estimate of drug-likeness (QED) is 0.300. The summed E-state index contributed by atoms with van der Waals surface area (Å²) < 4.78 is 5.64. The second kappa shape index (κ2) is 9.51. The Bertz CT molecular complexity index is 1040. The molecule has 0 spiro atoms. The molecule has 0 bridgehead atoms. The van der Waals surface area contributed by atoms with Crippen molar-refractivity contribution in [1.82, 2.24) is 4.90 Å². The van der Waals surface area contributed by atoms with E-state index in [1.54, 1.807) is 24.3 Å². The summed E-state index contributed by atoms with van der Waals surface area (Å²) in [6.45, 7) is 2.12. The molecule has 0 atom stereocenters. The molecule has 1 saturated heterocycles. The van der Waals surface area contributed by atoms with E-state index in [1.807, 2.05) is 19.1 Å². The maximum Gasteiger partial charge on any atom is 0.292 e. The van der Waals surface area contributed by atoms with Gasteiger partial charge in [0.25, 0.3) is 11.6 Å². The van der Waals surface area contributed by atoms with E-state index in [9.17, 15) is 19.7 Å². The van der Waals surface area contributed by atoms with Crippen LogP contribution in [-0.4, -0.2) is 39.1 Å². The second-order valence-corrected chi connectivity index (χ2v) is 7.77.